The lowest BCUT2D eigenvalue weighted by Crippen LogP contribution is -2.25. The highest BCUT2D eigenvalue weighted by Crippen LogP contribution is 2.06. The van der Waals surface area contributed by atoms with Crippen molar-refractivity contribution in [3.8, 4) is 6.07 Å². The number of hydrogen-bond donors (Lipinski definition) is 1. The summed E-state index contributed by atoms with van der Waals surface area (Å²) < 4.78 is 0. The van der Waals surface area contributed by atoms with Gasteiger partial charge in [-0.3, -0.25) is 9.78 Å². The molecule has 90 valence electrons. The fourth-order valence-corrected chi connectivity index (χ4v) is 1.55. The Kier molecular flexibility index (Phi) is 5.15. The lowest BCUT2D eigenvalue weighted by Gasteiger charge is -2.07. The second kappa shape index (κ2) is 6.64. The molecule has 17 heavy (non-hydrogen) atoms. The highest BCUT2D eigenvalue weighted by molar-refractivity contribution is 5.95. The Morgan fingerprint density at radius 2 is 2.18 bits per heavy atom. The number of aromatic nitrogens is 1. The quantitative estimate of drug-likeness (QED) is 0.789. The molecular formula is C13H17N3O. The number of unbranched alkanes of at least 4 members (excludes halogenated alkanes) is 2. The third-order valence-corrected chi connectivity index (χ3v) is 2.47. The predicted molar refractivity (Wildman–Crippen MR) is 65.5 cm³/mol. The fourth-order valence-electron chi connectivity index (χ4n) is 1.55. The molecule has 0 saturated heterocycles. The van der Waals surface area contributed by atoms with Crippen LogP contribution in [0.3, 0.4) is 0 Å². The molecule has 0 saturated carbocycles. The number of rotatable bonds is 5. The number of carbonyl (C=O) groups excluding carboxylic acids is 1. The van der Waals surface area contributed by atoms with Gasteiger partial charge < -0.3 is 5.32 Å². The Balaban J connectivity index is 2.45. The second-order valence-corrected chi connectivity index (χ2v) is 3.96. The van der Waals surface area contributed by atoms with Crippen LogP contribution < -0.4 is 5.32 Å². The molecule has 0 bridgehead atoms. The van der Waals surface area contributed by atoms with E-state index in [4.69, 9.17) is 5.26 Å². The minimum atomic E-state index is -0.0908. The van der Waals surface area contributed by atoms with Crippen LogP contribution in [0, 0.1) is 25.2 Å². The largest absolute Gasteiger partial charge is 0.352 e. The van der Waals surface area contributed by atoms with E-state index in [2.05, 4.69) is 16.4 Å². The first-order chi connectivity index (χ1) is 8.15. The molecule has 1 N–H and O–H groups in total. The van der Waals surface area contributed by atoms with E-state index in [0.717, 1.165) is 24.2 Å². The summed E-state index contributed by atoms with van der Waals surface area (Å²) in [4.78, 5) is 16.0. The average molecular weight is 231 g/mol. The monoisotopic (exact) mass is 231 g/mol. The van der Waals surface area contributed by atoms with Crippen LogP contribution in [0.2, 0.25) is 0 Å². The van der Waals surface area contributed by atoms with Gasteiger partial charge >= 0.3 is 0 Å². The lowest BCUT2D eigenvalue weighted by atomic mass is 10.1. The maximum atomic E-state index is 11.8. The van der Waals surface area contributed by atoms with E-state index >= 15 is 0 Å². The second-order valence-electron chi connectivity index (χ2n) is 3.96. The zero-order valence-corrected chi connectivity index (χ0v) is 10.3. The van der Waals surface area contributed by atoms with Crippen molar-refractivity contribution in [2.75, 3.05) is 6.54 Å². The zero-order chi connectivity index (χ0) is 12.7. The molecule has 1 rings (SSSR count). The molecule has 1 amide bonds. The highest BCUT2D eigenvalue weighted by Gasteiger charge is 2.08. The molecular weight excluding hydrogens is 214 g/mol. The minimum absolute atomic E-state index is 0.0908. The van der Waals surface area contributed by atoms with Gasteiger partial charge in [0.25, 0.3) is 5.91 Å². The van der Waals surface area contributed by atoms with E-state index in [9.17, 15) is 4.79 Å². The number of hydrogen-bond acceptors (Lipinski definition) is 3. The summed E-state index contributed by atoms with van der Waals surface area (Å²) in [7, 11) is 0. The van der Waals surface area contributed by atoms with Crippen LogP contribution in [0.5, 0.6) is 0 Å². The van der Waals surface area contributed by atoms with E-state index in [-0.39, 0.29) is 5.91 Å². The van der Waals surface area contributed by atoms with Crippen LogP contribution >= 0.6 is 0 Å². The highest BCUT2D eigenvalue weighted by atomic mass is 16.1. The number of aryl methyl sites for hydroxylation is 2. The van der Waals surface area contributed by atoms with Gasteiger partial charge in [-0.25, -0.2) is 0 Å². The topological polar surface area (TPSA) is 65.8 Å². The lowest BCUT2D eigenvalue weighted by molar-refractivity contribution is 0.0952. The Labute approximate surface area is 102 Å². The number of carbonyl (C=O) groups is 1. The van der Waals surface area contributed by atoms with Crippen molar-refractivity contribution in [3.63, 3.8) is 0 Å². The van der Waals surface area contributed by atoms with Gasteiger partial charge in [-0.05, 0) is 38.8 Å². The van der Waals surface area contributed by atoms with Gasteiger partial charge in [0.2, 0.25) is 0 Å². The Morgan fingerprint density at radius 3 is 2.82 bits per heavy atom. The molecule has 0 aromatic carbocycles. The van der Waals surface area contributed by atoms with Crippen molar-refractivity contribution in [1.29, 1.82) is 5.26 Å². The van der Waals surface area contributed by atoms with E-state index in [1.165, 1.54) is 0 Å². The van der Waals surface area contributed by atoms with Crippen molar-refractivity contribution < 1.29 is 4.79 Å². The predicted octanol–water partition coefficient (Wildman–Crippen LogP) is 2.12. The van der Waals surface area contributed by atoms with Gasteiger partial charge in [-0.15, -0.1) is 0 Å². The van der Waals surface area contributed by atoms with Crippen LogP contribution in [0.15, 0.2) is 12.1 Å². The Hall–Kier alpha value is -1.89. The molecule has 0 unspecified atom stereocenters. The summed E-state index contributed by atoms with van der Waals surface area (Å²) in [5.74, 6) is -0.0908. The Morgan fingerprint density at radius 1 is 1.41 bits per heavy atom. The van der Waals surface area contributed by atoms with Gasteiger partial charge in [0.05, 0.1) is 17.3 Å². The molecule has 0 spiro atoms. The van der Waals surface area contributed by atoms with Crippen molar-refractivity contribution in [2.45, 2.75) is 33.1 Å². The molecule has 0 fully saturated rings. The number of nitriles is 1. The SMILES string of the molecule is Cc1ccc(C(=O)NCCCCC#N)c(C)n1. The minimum Gasteiger partial charge on any atom is -0.352 e. The summed E-state index contributed by atoms with van der Waals surface area (Å²) in [5, 5.41) is 11.2. The van der Waals surface area contributed by atoms with Crippen molar-refractivity contribution >= 4 is 5.91 Å². The van der Waals surface area contributed by atoms with Crippen LogP contribution in [0.25, 0.3) is 0 Å². The third-order valence-electron chi connectivity index (χ3n) is 2.47. The van der Waals surface area contributed by atoms with Gasteiger partial charge in [0, 0.05) is 18.7 Å². The first kappa shape index (κ1) is 13.2. The third kappa shape index (κ3) is 4.23. The van der Waals surface area contributed by atoms with E-state index in [1.807, 2.05) is 19.9 Å². The molecule has 4 heteroatoms. The standard InChI is InChI=1S/C13H17N3O/c1-10-6-7-12(11(2)16-10)13(17)15-9-5-3-4-8-14/h6-7H,3-5,9H2,1-2H3,(H,15,17). The first-order valence-electron chi connectivity index (χ1n) is 5.74. The van der Waals surface area contributed by atoms with Gasteiger partial charge in [0.15, 0.2) is 0 Å². The van der Waals surface area contributed by atoms with Crippen molar-refractivity contribution in [3.05, 3.63) is 29.1 Å². The summed E-state index contributed by atoms with van der Waals surface area (Å²) in [6, 6.07) is 5.71. The van der Waals surface area contributed by atoms with E-state index < -0.39 is 0 Å². The van der Waals surface area contributed by atoms with Crippen LogP contribution in [0.4, 0.5) is 0 Å². The van der Waals surface area contributed by atoms with Gasteiger partial charge in [-0.1, -0.05) is 0 Å². The molecule has 0 aliphatic heterocycles. The summed E-state index contributed by atoms with van der Waals surface area (Å²) in [6.07, 6.45) is 2.19. The van der Waals surface area contributed by atoms with Crippen LogP contribution in [-0.2, 0) is 0 Å². The van der Waals surface area contributed by atoms with Crippen molar-refractivity contribution in [2.24, 2.45) is 0 Å². The van der Waals surface area contributed by atoms with Crippen LogP contribution in [0.1, 0.15) is 41.0 Å². The van der Waals surface area contributed by atoms with Crippen LogP contribution in [-0.4, -0.2) is 17.4 Å². The molecule has 0 aliphatic rings. The first-order valence-corrected chi connectivity index (χ1v) is 5.74. The molecule has 1 aromatic heterocycles. The zero-order valence-electron chi connectivity index (χ0n) is 10.3. The maximum Gasteiger partial charge on any atom is 0.253 e. The summed E-state index contributed by atoms with van der Waals surface area (Å²) in [6.45, 7) is 4.34. The molecule has 4 nitrogen and oxygen atoms in total. The smallest absolute Gasteiger partial charge is 0.253 e. The summed E-state index contributed by atoms with van der Waals surface area (Å²) >= 11 is 0. The van der Waals surface area contributed by atoms with Gasteiger partial charge in [0.1, 0.15) is 0 Å². The maximum absolute atomic E-state index is 11.8. The molecule has 0 atom stereocenters. The number of amides is 1. The number of nitrogens with one attached hydrogen (secondary N) is 1. The summed E-state index contributed by atoms with van der Waals surface area (Å²) in [5.41, 5.74) is 2.28. The number of pyridine rings is 1. The van der Waals surface area contributed by atoms with Crippen molar-refractivity contribution in [1.82, 2.24) is 10.3 Å². The molecule has 1 aromatic rings. The fraction of sp³-hybridized carbons (Fsp3) is 0.462. The number of nitrogens with zero attached hydrogens (tertiary/aromatic N) is 2. The van der Waals surface area contributed by atoms with E-state index in [1.54, 1.807) is 6.07 Å². The van der Waals surface area contributed by atoms with Gasteiger partial charge in [-0.2, -0.15) is 5.26 Å². The van der Waals surface area contributed by atoms with E-state index in [0.29, 0.717) is 18.5 Å². The Bertz CT molecular complexity index is 435. The molecule has 0 aliphatic carbocycles. The normalized spacial score (nSPS) is 9.71. The molecule has 1 heterocycles. The average Bonchev–Trinajstić information content (AvgIpc) is 2.28. The molecule has 0 radical (unpaired) electrons.